The molecule has 2 aromatic carbocycles. The minimum absolute atomic E-state index is 0.0433. The van der Waals surface area contributed by atoms with Crippen LogP contribution in [0.4, 0.5) is 0 Å². The van der Waals surface area contributed by atoms with Crippen LogP contribution < -0.4 is 10.2 Å². The number of benzene rings is 2. The average Bonchev–Trinajstić information content (AvgIpc) is 3.11. The summed E-state index contributed by atoms with van der Waals surface area (Å²) in [4.78, 5) is 14.7. The average molecular weight is 337 g/mol. The Morgan fingerprint density at radius 1 is 1.24 bits per heavy atom. The second-order valence-corrected chi connectivity index (χ2v) is 6.12. The van der Waals surface area contributed by atoms with Crippen molar-refractivity contribution in [1.82, 2.24) is 10.3 Å². The van der Waals surface area contributed by atoms with E-state index >= 15 is 0 Å². The molecular weight excluding hydrogens is 314 g/mol. The first kappa shape index (κ1) is 17.2. The fraction of sp³-hybridized carbons (Fsp3) is 0.300. The number of hydrogen-bond acceptors (Lipinski definition) is 4. The highest BCUT2D eigenvalue weighted by atomic mass is 16.5. The van der Waals surface area contributed by atoms with Crippen molar-refractivity contribution in [3.05, 3.63) is 65.7 Å². The van der Waals surface area contributed by atoms with Crippen molar-refractivity contribution in [3.63, 3.8) is 0 Å². The van der Waals surface area contributed by atoms with Crippen molar-refractivity contribution in [2.75, 3.05) is 13.7 Å². The second kappa shape index (κ2) is 8.44. The highest BCUT2D eigenvalue weighted by molar-refractivity contribution is 5.85. The molecular formula is C20H23N3O2. The van der Waals surface area contributed by atoms with Gasteiger partial charge >= 0.3 is 0 Å². The monoisotopic (exact) mass is 337 g/mol. The van der Waals surface area contributed by atoms with Gasteiger partial charge in [0.05, 0.1) is 19.4 Å². The molecule has 1 saturated heterocycles. The van der Waals surface area contributed by atoms with E-state index in [1.165, 1.54) is 5.56 Å². The molecule has 5 heteroatoms. The summed E-state index contributed by atoms with van der Waals surface area (Å²) in [7, 11) is 1.63. The van der Waals surface area contributed by atoms with Gasteiger partial charge in [-0.3, -0.25) is 9.69 Å². The Bertz CT molecular complexity index is 713. The molecule has 1 N–H and O–H groups in total. The summed E-state index contributed by atoms with van der Waals surface area (Å²) in [5.74, 6) is 0.752. The van der Waals surface area contributed by atoms with Crippen molar-refractivity contribution in [2.24, 2.45) is 5.10 Å². The van der Waals surface area contributed by atoms with Crippen molar-refractivity contribution in [3.8, 4) is 5.75 Å². The fourth-order valence-corrected chi connectivity index (χ4v) is 3.07. The zero-order valence-corrected chi connectivity index (χ0v) is 14.4. The van der Waals surface area contributed by atoms with Gasteiger partial charge in [0.1, 0.15) is 5.75 Å². The van der Waals surface area contributed by atoms with Crippen LogP contribution in [-0.2, 0) is 11.3 Å². The lowest BCUT2D eigenvalue weighted by Crippen LogP contribution is -2.41. The van der Waals surface area contributed by atoms with Gasteiger partial charge in [-0.25, -0.2) is 5.43 Å². The number of hydrazone groups is 1. The van der Waals surface area contributed by atoms with Gasteiger partial charge in [0.2, 0.25) is 0 Å². The second-order valence-electron chi connectivity index (χ2n) is 6.12. The Labute approximate surface area is 148 Å². The van der Waals surface area contributed by atoms with Gasteiger partial charge in [-0.15, -0.1) is 0 Å². The van der Waals surface area contributed by atoms with E-state index < -0.39 is 0 Å². The van der Waals surface area contributed by atoms with Gasteiger partial charge in [0.25, 0.3) is 5.91 Å². The molecule has 1 fully saturated rings. The summed E-state index contributed by atoms with van der Waals surface area (Å²) in [5, 5.41) is 4.09. The lowest BCUT2D eigenvalue weighted by atomic mass is 10.2. The van der Waals surface area contributed by atoms with Gasteiger partial charge in [-0.2, -0.15) is 5.10 Å². The third-order valence-electron chi connectivity index (χ3n) is 4.40. The number of hydrogen-bond donors (Lipinski definition) is 1. The maximum Gasteiger partial charge on any atom is 0.257 e. The summed E-state index contributed by atoms with van der Waals surface area (Å²) in [6.45, 7) is 1.73. The predicted molar refractivity (Wildman–Crippen MR) is 98.6 cm³/mol. The van der Waals surface area contributed by atoms with Crippen molar-refractivity contribution >= 4 is 12.1 Å². The van der Waals surface area contributed by atoms with Crippen LogP contribution in [0, 0.1) is 0 Å². The standard InChI is InChI=1S/C20H23N3O2/c1-25-18-11-9-16(10-12-18)14-21-22-20(24)19-8-5-13-23(19)15-17-6-3-2-4-7-17/h2-4,6-7,9-12,14,19H,5,8,13,15H2,1H3,(H,22,24)/b21-14+/t19-/m0/s1. The third kappa shape index (κ3) is 4.67. The van der Waals surface area contributed by atoms with E-state index in [0.29, 0.717) is 0 Å². The quantitative estimate of drug-likeness (QED) is 0.651. The largest absolute Gasteiger partial charge is 0.497 e. The van der Waals surface area contributed by atoms with Crippen LogP contribution in [0.15, 0.2) is 59.7 Å². The SMILES string of the molecule is COc1ccc(/C=N/NC(=O)[C@@H]2CCCN2Cc2ccccc2)cc1. The molecule has 0 aromatic heterocycles. The van der Waals surface area contributed by atoms with Gasteiger partial charge < -0.3 is 4.74 Å². The topological polar surface area (TPSA) is 53.9 Å². The Morgan fingerprint density at radius 2 is 2.00 bits per heavy atom. The molecule has 1 aliphatic heterocycles. The molecule has 1 aliphatic rings. The molecule has 0 spiro atoms. The number of amides is 1. The van der Waals surface area contributed by atoms with E-state index in [1.807, 2.05) is 42.5 Å². The van der Waals surface area contributed by atoms with Crippen LogP contribution >= 0.6 is 0 Å². The smallest absolute Gasteiger partial charge is 0.257 e. The van der Waals surface area contributed by atoms with Crippen molar-refractivity contribution in [2.45, 2.75) is 25.4 Å². The molecule has 3 rings (SSSR count). The number of nitrogens with one attached hydrogen (secondary N) is 1. The number of nitrogens with zero attached hydrogens (tertiary/aromatic N) is 2. The molecule has 2 aromatic rings. The van der Waals surface area contributed by atoms with E-state index in [2.05, 4.69) is 27.6 Å². The molecule has 0 unspecified atom stereocenters. The first-order chi connectivity index (χ1) is 12.3. The summed E-state index contributed by atoms with van der Waals surface area (Å²) >= 11 is 0. The zero-order chi connectivity index (χ0) is 17.5. The van der Waals surface area contributed by atoms with Crippen LogP contribution in [0.25, 0.3) is 0 Å². The summed E-state index contributed by atoms with van der Waals surface area (Å²) in [6.07, 6.45) is 3.55. The highest BCUT2D eigenvalue weighted by Gasteiger charge is 2.30. The highest BCUT2D eigenvalue weighted by Crippen LogP contribution is 2.20. The molecule has 0 radical (unpaired) electrons. The van der Waals surface area contributed by atoms with Gasteiger partial charge in [0.15, 0.2) is 0 Å². The third-order valence-corrected chi connectivity index (χ3v) is 4.40. The number of ether oxygens (including phenoxy) is 1. The van der Waals surface area contributed by atoms with Crippen molar-refractivity contribution in [1.29, 1.82) is 0 Å². The Morgan fingerprint density at radius 3 is 2.72 bits per heavy atom. The van der Waals surface area contributed by atoms with Crippen LogP contribution in [0.2, 0.25) is 0 Å². The Hall–Kier alpha value is -2.66. The van der Waals surface area contributed by atoms with Crippen LogP contribution in [-0.4, -0.2) is 36.7 Å². The lowest BCUT2D eigenvalue weighted by Gasteiger charge is -2.22. The predicted octanol–water partition coefficient (Wildman–Crippen LogP) is 2.81. The van der Waals surface area contributed by atoms with E-state index in [0.717, 1.165) is 37.2 Å². The molecule has 0 bridgehead atoms. The molecule has 0 aliphatic carbocycles. The fourth-order valence-electron chi connectivity index (χ4n) is 3.07. The normalized spacial score (nSPS) is 17.7. The maximum absolute atomic E-state index is 12.5. The molecule has 1 heterocycles. The molecule has 25 heavy (non-hydrogen) atoms. The van der Waals surface area contributed by atoms with E-state index in [4.69, 9.17) is 4.74 Å². The minimum Gasteiger partial charge on any atom is -0.497 e. The summed E-state index contributed by atoms with van der Waals surface area (Å²) in [5.41, 5.74) is 4.81. The summed E-state index contributed by atoms with van der Waals surface area (Å²) < 4.78 is 5.12. The molecule has 1 atom stereocenters. The number of carbonyl (C=O) groups is 1. The zero-order valence-electron chi connectivity index (χ0n) is 14.4. The van der Waals surface area contributed by atoms with E-state index in [-0.39, 0.29) is 11.9 Å². The molecule has 5 nitrogen and oxygen atoms in total. The van der Waals surface area contributed by atoms with Crippen molar-refractivity contribution < 1.29 is 9.53 Å². The van der Waals surface area contributed by atoms with Crippen LogP contribution in [0.3, 0.4) is 0 Å². The van der Waals surface area contributed by atoms with E-state index in [1.54, 1.807) is 13.3 Å². The lowest BCUT2D eigenvalue weighted by molar-refractivity contribution is -0.125. The maximum atomic E-state index is 12.5. The molecule has 130 valence electrons. The number of rotatable bonds is 6. The Balaban J connectivity index is 1.55. The van der Waals surface area contributed by atoms with Crippen LogP contribution in [0.1, 0.15) is 24.0 Å². The molecule has 0 saturated carbocycles. The summed E-state index contributed by atoms with van der Waals surface area (Å²) in [6, 6.07) is 17.6. The Kier molecular flexibility index (Phi) is 5.80. The number of likely N-dealkylation sites (tertiary alicyclic amines) is 1. The van der Waals surface area contributed by atoms with Gasteiger partial charge in [-0.05, 0) is 54.8 Å². The van der Waals surface area contributed by atoms with Crippen LogP contribution in [0.5, 0.6) is 5.75 Å². The number of methoxy groups -OCH3 is 1. The first-order valence-corrected chi connectivity index (χ1v) is 8.51. The first-order valence-electron chi connectivity index (χ1n) is 8.51. The minimum atomic E-state index is -0.117. The van der Waals surface area contributed by atoms with E-state index in [9.17, 15) is 4.79 Å². The van der Waals surface area contributed by atoms with Gasteiger partial charge in [-0.1, -0.05) is 30.3 Å². The van der Waals surface area contributed by atoms with Gasteiger partial charge in [0, 0.05) is 6.54 Å². The number of carbonyl (C=O) groups excluding carboxylic acids is 1. The molecule has 1 amide bonds.